The normalized spacial score (nSPS) is 16.5. The maximum atomic E-state index is 13.2. The van der Waals surface area contributed by atoms with Gasteiger partial charge in [-0.15, -0.1) is 5.10 Å². The Morgan fingerprint density at radius 3 is 2.81 bits per heavy atom. The lowest BCUT2D eigenvalue weighted by Gasteiger charge is -2.33. The number of aromatic nitrogens is 5. The zero-order chi connectivity index (χ0) is 22.3. The van der Waals surface area contributed by atoms with Gasteiger partial charge < -0.3 is 10.0 Å². The smallest absolute Gasteiger partial charge is 0.394 e. The van der Waals surface area contributed by atoms with E-state index in [1.54, 1.807) is 28.6 Å². The van der Waals surface area contributed by atoms with Crippen LogP contribution in [-0.4, -0.2) is 53.8 Å². The number of aliphatic hydroxyl groups excluding tert-OH is 1. The van der Waals surface area contributed by atoms with E-state index in [1.807, 2.05) is 0 Å². The summed E-state index contributed by atoms with van der Waals surface area (Å²) in [7, 11) is 0. The fourth-order valence-corrected chi connectivity index (χ4v) is 3.98. The SMILES string of the molecule is C[C@H]1c2nnn(-c3ccn(CCO)n3)c2CCN1C(=O)c1cccc(C(F)(F)F)c1Cl. The van der Waals surface area contributed by atoms with Crippen LogP contribution in [0.3, 0.4) is 0 Å². The summed E-state index contributed by atoms with van der Waals surface area (Å²) < 4.78 is 42.6. The molecule has 0 bridgehead atoms. The minimum atomic E-state index is -4.66. The molecule has 12 heteroatoms. The number of aliphatic hydroxyl groups is 1. The van der Waals surface area contributed by atoms with Gasteiger partial charge >= 0.3 is 6.18 Å². The molecule has 0 radical (unpaired) electrons. The van der Waals surface area contributed by atoms with Gasteiger partial charge in [0.25, 0.3) is 5.91 Å². The molecule has 0 aliphatic carbocycles. The van der Waals surface area contributed by atoms with E-state index in [0.29, 0.717) is 24.5 Å². The van der Waals surface area contributed by atoms with Gasteiger partial charge in [-0.05, 0) is 19.1 Å². The Labute approximate surface area is 179 Å². The second kappa shape index (κ2) is 7.97. The summed E-state index contributed by atoms with van der Waals surface area (Å²) in [6, 6.07) is 4.51. The number of halogens is 4. The van der Waals surface area contributed by atoms with Crippen molar-refractivity contribution in [3.63, 3.8) is 0 Å². The largest absolute Gasteiger partial charge is 0.417 e. The van der Waals surface area contributed by atoms with Crippen molar-refractivity contribution in [2.75, 3.05) is 13.2 Å². The molecule has 2 aromatic heterocycles. The third-order valence-corrected chi connectivity index (χ3v) is 5.62. The van der Waals surface area contributed by atoms with Crippen molar-refractivity contribution in [3.8, 4) is 5.82 Å². The highest BCUT2D eigenvalue weighted by molar-refractivity contribution is 6.34. The third kappa shape index (κ3) is 3.79. The quantitative estimate of drug-likeness (QED) is 0.655. The molecule has 3 heterocycles. The van der Waals surface area contributed by atoms with Crippen molar-refractivity contribution >= 4 is 17.5 Å². The highest BCUT2D eigenvalue weighted by atomic mass is 35.5. The molecular formula is C19H18ClF3N6O2. The first-order valence-electron chi connectivity index (χ1n) is 9.48. The van der Waals surface area contributed by atoms with Crippen molar-refractivity contribution in [1.29, 1.82) is 0 Å². The average molecular weight is 455 g/mol. The van der Waals surface area contributed by atoms with Crippen LogP contribution in [0.1, 0.15) is 40.3 Å². The maximum Gasteiger partial charge on any atom is 0.417 e. The third-order valence-electron chi connectivity index (χ3n) is 5.21. The lowest BCUT2D eigenvalue weighted by molar-refractivity contribution is -0.137. The van der Waals surface area contributed by atoms with E-state index in [2.05, 4.69) is 15.4 Å². The predicted molar refractivity (Wildman–Crippen MR) is 104 cm³/mol. The lowest BCUT2D eigenvalue weighted by Crippen LogP contribution is -2.39. The van der Waals surface area contributed by atoms with Crippen LogP contribution in [0.4, 0.5) is 13.2 Å². The van der Waals surface area contributed by atoms with Gasteiger partial charge in [-0.1, -0.05) is 22.9 Å². The molecule has 1 N–H and O–H groups in total. The zero-order valence-corrected chi connectivity index (χ0v) is 17.1. The van der Waals surface area contributed by atoms with E-state index in [1.165, 1.54) is 17.0 Å². The van der Waals surface area contributed by atoms with Crippen LogP contribution in [0.5, 0.6) is 0 Å². The highest BCUT2D eigenvalue weighted by Crippen LogP contribution is 2.38. The van der Waals surface area contributed by atoms with Gasteiger partial charge in [0.1, 0.15) is 5.69 Å². The minimum Gasteiger partial charge on any atom is -0.394 e. The monoisotopic (exact) mass is 454 g/mol. The van der Waals surface area contributed by atoms with Crippen LogP contribution in [0, 0.1) is 0 Å². The second-order valence-corrected chi connectivity index (χ2v) is 7.46. The van der Waals surface area contributed by atoms with E-state index >= 15 is 0 Å². The topological polar surface area (TPSA) is 89.1 Å². The summed E-state index contributed by atoms with van der Waals surface area (Å²) in [5.74, 6) is -0.0777. The van der Waals surface area contributed by atoms with Gasteiger partial charge in [-0.25, -0.2) is 0 Å². The van der Waals surface area contributed by atoms with Crippen LogP contribution >= 0.6 is 11.6 Å². The van der Waals surface area contributed by atoms with E-state index in [4.69, 9.17) is 16.7 Å². The number of nitrogens with zero attached hydrogens (tertiary/aromatic N) is 6. The number of carbonyl (C=O) groups excluding carboxylic acids is 1. The zero-order valence-electron chi connectivity index (χ0n) is 16.3. The summed E-state index contributed by atoms with van der Waals surface area (Å²) in [5.41, 5.74) is 0.0528. The molecule has 1 aliphatic rings. The van der Waals surface area contributed by atoms with Crippen LogP contribution in [0.15, 0.2) is 30.5 Å². The molecule has 1 amide bonds. The Hall–Kier alpha value is -2.92. The Morgan fingerprint density at radius 2 is 2.10 bits per heavy atom. The molecule has 1 atom stereocenters. The van der Waals surface area contributed by atoms with E-state index < -0.39 is 28.7 Å². The molecule has 4 rings (SSSR count). The van der Waals surface area contributed by atoms with Gasteiger partial charge in [-0.3, -0.25) is 9.48 Å². The number of rotatable bonds is 4. The summed E-state index contributed by atoms with van der Waals surface area (Å²) in [6.45, 7) is 2.28. The molecule has 0 unspecified atom stereocenters. The number of benzene rings is 1. The Morgan fingerprint density at radius 1 is 1.32 bits per heavy atom. The summed E-state index contributed by atoms with van der Waals surface area (Å²) >= 11 is 5.94. The fraction of sp³-hybridized carbons (Fsp3) is 0.368. The van der Waals surface area contributed by atoms with Crippen molar-refractivity contribution < 1.29 is 23.1 Å². The number of hydrogen-bond donors (Lipinski definition) is 1. The highest BCUT2D eigenvalue weighted by Gasteiger charge is 2.37. The first-order valence-corrected chi connectivity index (χ1v) is 9.86. The number of hydrogen-bond acceptors (Lipinski definition) is 5. The molecule has 0 saturated heterocycles. The van der Waals surface area contributed by atoms with E-state index in [9.17, 15) is 18.0 Å². The summed E-state index contributed by atoms with van der Waals surface area (Å²) in [5, 5.41) is 21.1. The van der Waals surface area contributed by atoms with Crippen LogP contribution in [-0.2, 0) is 19.1 Å². The predicted octanol–water partition coefficient (Wildman–Crippen LogP) is 2.89. The molecule has 3 aromatic rings. The van der Waals surface area contributed by atoms with Gasteiger partial charge in [0.15, 0.2) is 5.82 Å². The lowest BCUT2D eigenvalue weighted by atomic mass is 10.0. The first-order chi connectivity index (χ1) is 14.7. The number of amides is 1. The Balaban J connectivity index is 1.62. The second-order valence-electron chi connectivity index (χ2n) is 7.08. The van der Waals surface area contributed by atoms with Crippen molar-refractivity contribution in [2.45, 2.75) is 32.1 Å². The molecule has 1 aliphatic heterocycles. The molecule has 31 heavy (non-hydrogen) atoms. The molecule has 0 fully saturated rings. The van der Waals surface area contributed by atoms with Crippen LogP contribution in [0.2, 0.25) is 5.02 Å². The molecule has 8 nitrogen and oxygen atoms in total. The van der Waals surface area contributed by atoms with Gasteiger partial charge in [0, 0.05) is 25.2 Å². The maximum absolute atomic E-state index is 13.2. The van der Waals surface area contributed by atoms with E-state index in [-0.39, 0.29) is 18.7 Å². The van der Waals surface area contributed by atoms with Crippen molar-refractivity contribution in [3.05, 3.63) is 58.0 Å². The molecule has 1 aromatic carbocycles. The Bertz CT molecular complexity index is 1130. The Kier molecular flexibility index (Phi) is 5.48. The molecule has 0 saturated carbocycles. The number of alkyl halides is 3. The van der Waals surface area contributed by atoms with Gasteiger partial charge in [0.2, 0.25) is 0 Å². The number of carbonyl (C=O) groups is 1. The minimum absolute atomic E-state index is 0.0528. The van der Waals surface area contributed by atoms with Gasteiger partial charge in [0.05, 0.1) is 41.0 Å². The van der Waals surface area contributed by atoms with E-state index in [0.717, 1.165) is 11.8 Å². The average Bonchev–Trinajstić information content (AvgIpc) is 3.34. The fourth-order valence-electron chi connectivity index (χ4n) is 3.66. The molecular weight excluding hydrogens is 437 g/mol. The van der Waals surface area contributed by atoms with Crippen LogP contribution in [0.25, 0.3) is 5.82 Å². The molecule has 0 spiro atoms. The van der Waals surface area contributed by atoms with Gasteiger partial charge in [-0.2, -0.15) is 23.0 Å². The van der Waals surface area contributed by atoms with Crippen molar-refractivity contribution in [1.82, 2.24) is 29.7 Å². The standard InChI is InChI=1S/C19H18ClF3N6O2/c1-11-17-14(29(26-24-17)15-6-7-27(25-15)9-10-30)5-8-28(11)18(31)12-3-2-4-13(16(12)20)19(21,22)23/h2-4,6-7,11,30H,5,8-10H2,1H3/t11-/m0/s1. The number of fused-ring (bicyclic) bond motifs is 1. The van der Waals surface area contributed by atoms with Crippen LogP contribution < -0.4 is 0 Å². The molecule has 164 valence electrons. The summed E-state index contributed by atoms with van der Waals surface area (Å²) in [6.07, 6.45) is -2.56. The first kappa shape index (κ1) is 21.3. The van der Waals surface area contributed by atoms with Crippen molar-refractivity contribution in [2.24, 2.45) is 0 Å². The summed E-state index contributed by atoms with van der Waals surface area (Å²) in [4.78, 5) is 14.5.